The molecule has 30 heavy (non-hydrogen) atoms. The first kappa shape index (κ1) is 18.5. The molecule has 3 aromatic rings. The van der Waals surface area contributed by atoms with Crippen molar-refractivity contribution in [3.63, 3.8) is 0 Å². The van der Waals surface area contributed by atoms with Crippen LogP contribution in [-0.4, -0.2) is 21.6 Å². The lowest BCUT2D eigenvalue weighted by molar-refractivity contribution is 0.0680. The first-order chi connectivity index (χ1) is 14.8. The van der Waals surface area contributed by atoms with Gasteiger partial charge < -0.3 is 0 Å². The van der Waals surface area contributed by atoms with Crippen LogP contribution in [0.1, 0.15) is 46.8 Å². The molecule has 148 valence electrons. The van der Waals surface area contributed by atoms with Gasteiger partial charge in [-0.05, 0) is 54.2 Å². The summed E-state index contributed by atoms with van der Waals surface area (Å²) in [6.45, 7) is 0. The molecule has 1 amide bonds. The third kappa shape index (κ3) is 3.45. The van der Waals surface area contributed by atoms with Crippen molar-refractivity contribution in [3.05, 3.63) is 107 Å². The summed E-state index contributed by atoms with van der Waals surface area (Å²) in [7, 11) is 0. The summed E-state index contributed by atoms with van der Waals surface area (Å²) in [5.41, 5.74) is 5.15. The molecule has 0 N–H and O–H groups in total. The highest BCUT2D eigenvalue weighted by atomic mass is 16.2. The standard InChI is InChI=1S/C26H23N3O/c30-26(22-14-8-16-27-18-22)29-25(20-11-5-2-6-12-20)23-15-7-13-21(24(23)28-29)17-19-9-3-1-4-10-19/h1-6,8-12,14,16-18,23,25H,7,13,15H2/b21-17-/t23-,25-/m0/s1. The Morgan fingerprint density at radius 2 is 1.73 bits per heavy atom. The summed E-state index contributed by atoms with van der Waals surface area (Å²) in [5.74, 6) is 0.106. The molecule has 1 saturated carbocycles. The van der Waals surface area contributed by atoms with Gasteiger partial charge in [0, 0.05) is 18.3 Å². The fraction of sp³-hybridized carbons (Fsp3) is 0.192. The Hall–Kier alpha value is -3.53. The first-order valence-electron chi connectivity index (χ1n) is 10.4. The summed E-state index contributed by atoms with van der Waals surface area (Å²) in [6, 6.07) is 24.1. The van der Waals surface area contributed by atoms with E-state index in [-0.39, 0.29) is 17.9 Å². The normalized spacial score (nSPS) is 21.9. The Balaban J connectivity index is 1.58. The predicted octanol–water partition coefficient (Wildman–Crippen LogP) is 5.52. The maximum atomic E-state index is 13.4. The molecule has 2 heterocycles. The molecule has 4 heteroatoms. The summed E-state index contributed by atoms with van der Waals surface area (Å²) < 4.78 is 0. The number of rotatable bonds is 3. The minimum atomic E-state index is -0.0992. The van der Waals surface area contributed by atoms with Crippen LogP contribution in [0.5, 0.6) is 0 Å². The maximum Gasteiger partial charge on any atom is 0.276 e. The van der Waals surface area contributed by atoms with Gasteiger partial charge in [-0.25, -0.2) is 5.01 Å². The molecule has 1 fully saturated rings. The minimum Gasteiger partial charge on any atom is -0.267 e. The van der Waals surface area contributed by atoms with Crippen LogP contribution in [0, 0.1) is 5.92 Å². The fourth-order valence-corrected chi connectivity index (χ4v) is 4.52. The van der Waals surface area contributed by atoms with Gasteiger partial charge in [0.2, 0.25) is 0 Å². The van der Waals surface area contributed by atoms with E-state index in [1.165, 1.54) is 11.1 Å². The number of hydrazone groups is 1. The van der Waals surface area contributed by atoms with E-state index in [1.807, 2.05) is 36.4 Å². The summed E-state index contributed by atoms with van der Waals surface area (Å²) in [4.78, 5) is 17.5. The van der Waals surface area contributed by atoms with Crippen molar-refractivity contribution in [1.29, 1.82) is 0 Å². The van der Waals surface area contributed by atoms with E-state index in [4.69, 9.17) is 5.10 Å². The molecular weight excluding hydrogens is 370 g/mol. The van der Waals surface area contributed by atoms with Crippen molar-refractivity contribution in [2.75, 3.05) is 0 Å². The Kier molecular flexibility index (Phi) is 4.98. The number of allylic oxidation sites excluding steroid dienone is 1. The average molecular weight is 393 g/mol. The largest absolute Gasteiger partial charge is 0.276 e. The summed E-state index contributed by atoms with van der Waals surface area (Å²) >= 11 is 0. The number of carbonyl (C=O) groups excluding carboxylic acids is 1. The minimum absolute atomic E-state index is 0.0895. The van der Waals surface area contributed by atoms with Crippen LogP contribution in [0.15, 0.2) is 95.9 Å². The maximum absolute atomic E-state index is 13.4. The van der Waals surface area contributed by atoms with Crippen molar-refractivity contribution >= 4 is 17.7 Å². The van der Waals surface area contributed by atoms with Gasteiger partial charge in [0.15, 0.2) is 0 Å². The van der Waals surface area contributed by atoms with Gasteiger partial charge in [-0.2, -0.15) is 5.10 Å². The van der Waals surface area contributed by atoms with Gasteiger partial charge in [0.05, 0.1) is 17.3 Å². The average Bonchev–Trinajstić information content (AvgIpc) is 3.21. The Morgan fingerprint density at radius 1 is 0.967 bits per heavy atom. The lowest BCUT2D eigenvalue weighted by Crippen LogP contribution is -2.31. The van der Waals surface area contributed by atoms with E-state index < -0.39 is 0 Å². The van der Waals surface area contributed by atoms with Gasteiger partial charge in [0.1, 0.15) is 0 Å². The molecule has 0 bridgehead atoms. The topological polar surface area (TPSA) is 45.6 Å². The zero-order valence-electron chi connectivity index (χ0n) is 16.7. The van der Waals surface area contributed by atoms with Crippen molar-refractivity contribution in [1.82, 2.24) is 9.99 Å². The van der Waals surface area contributed by atoms with E-state index >= 15 is 0 Å². The first-order valence-corrected chi connectivity index (χ1v) is 10.4. The van der Waals surface area contributed by atoms with E-state index in [0.717, 1.165) is 30.5 Å². The molecule has 0 unspecified atom stereocenters. The Morgan fingerprint density at radius 3 is 2.47 bits per heavy atom. The number of pyridine rings is 1. The second-order valence-corrected chi connectivity index (χ2v) is 7.81. The SMILES string of the molecule is O=C(c1cccnc1)N1N=C2/C(=C\c3ccccc3)CCC[C@@H]2[C@@H]1c1ccccc1. The lowest BCUT2D eigenvalue weighted by Gasteiger charge is -2.29. The highest BCUT2D eigenvalue weighted by molar-refractivity contribution is 6.09. The highest BCUT2D eigenvalue weighted by Gasteiger charge is 2.43. The lowest BCUT2D eigenvalue weighted by atomic mass is 9.77. The van der Waals surface area contributed by atoms with E-state index in [0.29, 0.717) is 5.56 Å². The molecule has 5 rings (SSSR count). The van der Waals surface area contributed by atoms with Crippen LogP contribution in [0.2, 0.25) is 0 Å². The van der Waals surface area contributed by atoms with Crippen LogP contribution >= 0.6 is 0 Å². The van der Waals surface area contributed by atoms with E-state index in [9.17, 15) is 4.79 Å². The Bertz CT molecular complexity index is 1090. The second-order valence-electron chi connectivity index (χ2n) is 7.81. The molecule has 2 atom stereocenters. The second kappa shape index (κ2) is 8.07. The van der Waals surface area contributed by atoms with Crippen molar-refractivity contribution < 1.29 is 4.79 Å². The number of aromatic nitrogens is 1. The molecule has 1 aromatic heterocycles. The van der Waals surface area contributed by atoms with Gasteiger partial charge >= 0.3 is 0 Å². The van der Waals surface area contributed by atoms with E-state index in [2.05, 4.69) is 35.3 Å². The number of fused-ring (bicyclic) bond motifs is 1. The van der Waals surface area contributed by atoms with Crippen molar-refractivity contribution in [3.8, 4) is 0 Å². The van der Waals surface area contributed by atoms with Gasteiger partial charge in [-0.1, -0.05) is 60.7 Å². The van der Waals surface area contributed by atoms with Gasteiger partial charge in [0.25, 0.3) is 5.91 Å². The third-order valence-corrected chi connectivity index (χ3v) is 5.90. The Labute approximate surface area is 176 Å². The van der Waals surface area contributed by atoms with Gasteiger partial charge in [-0.3, -0.25) is 9.78 Å². The zero-order valence-corrected chi connectivity index (χ0v) is 16.7. The highest BCUT2D eigenvalue weighted by Crippen LogP contribution is 2.44. The van der Waals surface area contributed by atoms with Gasteiger partial charge in [-0.15, -0.1) is 0 Å². The van der Waals surface area contributed by atoms with Crippen LogP contribution in [0.4, 0.5) is 0 Å². The van der Waals surface area contributed by atoms with Crippen LogP contribution in [0.3, 0.4) is 0 Å². The number of amides is 1. The zero-order chi connectivity index (χ0) is 20.3. The molecule has 2 aliphatic rings. The molecule has 1 aliphatic heterocycles. The monoisotopic (exact) mass is 393 g/mol. The van der Waals surface area contributed by atoms with Crippen LogP contribution in [0.25, 0.3) is 6.08 Å². The third-order valence-electron chi connectivity index (χ3n) is 5.90. The van der Waals surface area contributed by atoms with Crippen molar-refractivity contribution in [2.24, 2.45) is 11.0 Å². The number of hydrogen-bond acceptors (Lipinski definition) is 3. The fourth-order valence-electron chi connectivity index (χ4n) is 4.52. The number of nitrogens with zero attached hydrogens (tertiary/aromatic N) is 3. The van der Waals surface area contributed by atoms with Crippen LogP contribution in [-0.2, 0) is 0 Å². The summed E-state index contributed by atoms with van der Waals surface area (Å²) in [5, 5.41) is 6.62. The molecule has 4 nitrogen and oxygen atoms in total. The van der Waals surface area contributed by atoms with E-state index in [1.54, 1.807) is 29.5 Å². The molecule has 0 spiro atoms. The molecular formula is C26H23N3O. The molecule has 1 aliphatic carbocycles. The quantitative estimate of drug-likeness (QED) is 0.588. The summed E-state index contributed by atoms with van der Waals surface area (Å²) in [6.07, 6.45) is 8.64. The molecule has 2 aromatic carbocycles. The smallest absolute Gasteiger partial charge is 0.267 e. The van der Waals surface area contributed by atoms with Crippen molar-refractivity contribution in [2.45, 2.75) is 25.3 Å². The number of hydrogen-bond donors (Lipinski definition) is 0. The number of carbonyl (C=O) groups is 1. The number of benzene rings is 2. The predicted molar refractivity (Wildman–Crippen MR) is 119 cm³/mol. The molecule has 0 radical (unpaired) electrons. The molecule has 0 saturated heterocycles. The van der Waals surface area contributed by atoms with Crippen LogP contribution < -0.4 is 0 Å².